The van der Waals surface area contributed by atoms with Crippen LogP contribution in [0.15, 0.2) is 52.6 Å². The van der Waals surface area contributed by atoms with E-state index in [9.17, 15) is 10.5 Å². The summed E-state index contributed by atoms with van der Waals surface area (Å²) in [6.07, 6.45) is 2.28. The number of hydrogen-bond donors (Lipinski definition) is 0. The van der Waals surface area contributed by atoms with E-state index in [1.165, 1.54) is 5.31 Å². The Morgan fingerprint density at radius 3 is 2.00 bits per heavy atom. The van der Waals surface area contributed by atoms with Gasteiger partial charge in [-0.1, -0.05) is 51.1 Å². The van der Waals surface area contributed by atoms with E-state index in [1.54, 1.807) is 0 Å². The van der Waals surface area contributed by atoms with Crippen molar-refractivity contribution in [1.82, 2.24) is 4.67 Å². The molecule has 2 bridgehead atoms. The summed E-state index contributed by atoms with van der Waals surface area (Å²) in [7, 11) is -0.962. The minimum atomic E-state index is -0.962. The van der Waals surface area contributed by atoms with Crippen molar-refractivity contribution >= 4 is 8.07 Å². The van der Waals surface area contributed by atoms with Gasteiger partial charge in [-0.25, -0.2) is 0 Å². The lowest BCUT2D eigenvalue weighted by molar-refractivity contribution is 0.186. The molecule has 25 heavy (non-hydrogen) atoms. The molecule has 0 aromatic heterocycles. The van der Waals surface area contributed by atoms with Gasteiger partial charge in [-0.05, 0) is 43.1 Å². The van der Waals surface area contributed by atoms with Crippen LogP contribution in [0.25, 0.3) is 0 Å². The van der Waals surface area contributed by atoms with Crippen molar-refractivity contribution in [3.63, 3.8) is 0 Å². The lowest BCUT2D eigenvalue weighted by Gasteiger charge is -2.44. The zero-order valence-corrected chi connectivity index (χ0v) is 16.6. The molecule has 0 N–H and O–H groups in total. The number of nitriles is 2. The summed E-state index contributed by atoms with van der Waals surface area (Å²) in [6, 6.07) is 15.0. The molecule has 0 spiro atoms. The first-order valence-corrected chi connectivity index (χ1v) is 9.82. The second-order valence-electron chi connectivity index (χ2n) is 8.65. The third-order valence-electron chi connectivity index (χ3n) is 4.77. The standard InChI is InChI=1S/C21H24N3P/c1-19(2,3)18-12-21(15-10-8-7-9-11-15)16(13-22)17(14-23)25(18)24(21)20(4,5)6/h7-12H,1-6H3. The van der Waals surface area contributed by atoms with Crippen LogP contribution in [0.3, 0.4) is 0 Å². The third kappa shape index (κ3) is 2.38. The average Bonchev–Trinajstić information content (AvgIpc) is 3.04. The van der Waals surface area contributed by atoms with Crippen molar-refractivity contribution in [2.45, 2.75) is 52.6 Å². The maximum Gasteiger partial charge on any atom is 0.107 e. The predicted molar refractivity (Wildman–Crippen MR) is 102 cm³/mol. The first-order chi connectivity index (χ1) is 11.6. The minimum absolute atomic E-state index is 0.0468. The molecule has 2 heterocycles. The Morgan fingerprint density at radius 2 is 1.56 bits per heavy atom. The van der Waals surface area contributed by atoms with Gasteiger partial charge in [-0.15, -0.1) is 0 Å². The van der Waals surface area contributed by atoms with E-state index < -0.39 is 13.6 Å². The van der Waals surface area contributed by atoms with Crippen LogP contribution in [0.2, 0.25) is 0 Å². The highest BCUT2D eigenvalue weighted by Crippen LogP contribution is 2.78. The van der Waals surface area contributed by atoms with Crippen LogP contribution in [-0.4, -0.2) is 10.2 Å². The topological polar surface area (TPSA) is 50.8 Å². The predicted octanol–water partition coefficient (Wildman–Crippen LogP) is 5.64. The molecule has 2 aliphatic heterocycles. The average molecular weight is 349 g/mol. The number of rotatable bonds is 1. The molecule has 128 valence electrons. The van der Waals surface area contributed by atoms with E-state index in [4.69, 9.17) is 0 Å². The highest BCUT2D eigenvalue weighted by molar-refractivity contribution is 7.65. The highest BCUT2D eigenvalue weighted by atomic mass is 31.1. The molecule has 0 radical (unpaired) electrons. The Balaban J connectivity index is 2.41. The summed E-state index contributed by atoms with van der Waals surface area (Å²) in [5.41, 5.74) is 0.822. The molecule has 3 nitrogen and oxygen atoms in total. The molecule has 0 saturated carbocycles. The lowest BCUT2D eigenvalue weighted by Crippen LogP contribution is -2.47. The molecule has 0 fully saturated rings. The van der Waals surface area contributed by atoms with E-state index in [-0.39, 0.29) is 11.0 Å². The van der Waals surface area contributed by atoms with Crippen molar-refractivity contribution in [2.75, 3.05) is 0 Å². The normalized spacial score (nSPS) is 26.4. The third-order valence-corrected chi connectivity index (χ3v) is 8.09. The van der Waals surface area contributed by atoms with E-state index in [2.05, 4.69) is 76.6 Å². The van der Waals surface area contributed by atoms with Crippen molar-refractivity contribution < 1.29 is 0 Å². The van der Waals surface area contributed by atoms with Gasteiger partial charge >= 0.3 is 0 Å². The van der Waals surface area contributed by atoms with Gasteiger partial charge in [0.25, 0.3) is 0 Å². The van der Waals surface area contributed by atoms with Crippen LogP contribution in [0.4, 0.5) is 0 Å². The molecule has 2 aliphatic rings. The highest BCUT2D eigenvalue weighted by Gasteiger charge is 2.62. The van der Waals surface area contributed by atoms with Gasteiger partial charge < -0.3 is 0 Å². The zero-order chi connectivity index (χ0) is 18.6. The number of hydrogen-bond acceptors (Lipinski definition) is 3. The first kappa shape index (κ1) is 17.9. The quantitative estimate of drug-likeness (QED) is 0.617. The largest absolute Gasteiger partial charge is 0.251 e. The summed E-state index contributed by atoms with van der Waals surface area (Å²) >= 11 is 0. The van der Waals surface area contributed by atoms with Gasteiger partial charge in [0.1, 0.15) is 11.6 Å². The lowest BCUT2D eigenvalue weighted by atomic mass is 9.78. The number of allylic oxidation sites excluding steroid dienone is 2. The van der Waals surface area contributed by atoms with E-state index in [1.807, 2.05) is 18.2 Å². The monoisotopic (exact) mass is 349 g/mol. The van der Waals surface area contributed by atoms with Crippen LogP contribution in [-0.2, 0) is 5.54 Å². The number of nitrogens with zero attached hydrogens (tertiary/aromatic N) is 3. The Morgan fingerprint density at radius 1 is 0.960 bits per heavy atom. The maximum atomic E-state index is 9.98. The fourth-order valence-corrected chi connectivity index (χ4v) is 7.23. The van der Waals surface area contributed by atoms with Crippen LogP contribution in [0.1, 0.15) is 47.1 Å². The molecule has 0 saturated heterocycles. The molecule has 2 unspecified atom stereocenters. The Hall–Kier alpha value is -1.93. The molecule has 3 rings (SSSR count). The van der Waals surface area contributed by atoms with Crippen LogP contribution < -0.4 is 0 Å². The summed E-state index contributed by atoms with van der Waals surface area (Å²) < 4.78 is 2.42. The first-order valence-electron chi connectivity index (χ1n) is 8.53. The Labute approximate surface area is 152 Å². The zero-order valence-electron chi connectivity index (χ0n) is 15.8. The van der Waals surface area contributed by atoms with Crippen molar-refractivity contribution in [1.29, 1.82) is 10.5 Å². The minimum Gasteiger partial charge on any atom is -0.251 e. The van der Waals surface area contributed by atoms with Crippen LogP contribution in [0, 0.1) is 28.1 Å². The molecule has 0 amide bonds. The smallest absolute Gasteiger partial charge is 0.107 e. The van der Waals surface area contributed by atoms with Crippen molar-refractivity contribution in [3.8, 4) is 12.1 Å². The molecule has 1 aromatic rings. The summed E-state index contributed by atoms with van der Waals surface area (Å²) in [5.74, 6) is 0. The summed E-state index contributed by atoms with van der Waals surface area (Å²) in [5, 5.41) is 21.9. The fraction of sp³-hybridized carbons (Fsp3) is 0.429. The van der Waals surface area contributed by atoms with Gasteiger partial charge in [0, 0.05) is 13.6 Å². The van der Waals surface area contributed by atoms with Gasteiger partial charge in [-0.3, -0.25) is 4.67 Å². The van der Waals surface area contributed by atoms with Gasteiger partial charge in [0.15, 0.2) is 0 Å². The molecular formula is C21H24N3P. The SMILES string of the molecule is CC(C)(C)C1=CC2(c3ccccc3)C(C#N)=C(C#N)P1N2C(C)(C)C. The molecule has 1 aromatic carbocycles. The van der Waals surface area contributed by atoms with E-state index >= 15 is 0 Å². The van der Waals surface area contributed by atoms with Gasteiger partial charge in [0.2, 0.25) is 0 Å². The van der Waals surface area contributed by atoms with Crippen LogP contribution in [0.5, 0.6) is 0 Å². The Bertz CT molecular complexity index is 854. The van der Waals surface area contributed by atoms with E-state index in [0.29, 0.717) is 10.9 Å². The number of benzene rings is 1. The second-order valence-corrected chi connectivity index (χ2v) is 10.6. The molecule has 2 atom stereocenters. The summed E-state index contributed by atoms with van der Waals surface area (Å²) in [6.45, 7) is 13.1. The summed E-state index contributed by atoms with van der Waals surface area (Å²) in [4.78, 5) is 0. The van der Waals surface area contributed by atoms with Crippen molar-refractivity contribution in [2.24, 2.45) is 5.41 Å². The maximum absolute atomic E-state index is 9.98. The van der Waals surface area contributed by atoms with Crippen LogP contribution >= 0.6 is 8.07 Å². The molecule has 4 heteroatoms. The molecule has 0 aliphatic carbocycles. The second kappa shape index (κ2) is 5.54. The Kier molecular flexibility index (Phi) is 3.96. The number of fused-ring (bicyclic) bond motifs is 2. The van der Waals surface area contributed by atoms with Crippen molar-refractivity contribution in [3.05, 3.63) is 58.2 Å². The van der Waals surface area contributed by atoms with E-state index in [0.717, 1.165) is 5.56 Å². The molecular weight excluding hydrogens is 325 g/mol. The van der Waals surface area contributed by atoms with Gasteiger partial charge in [-0.2, -0.15) is 10.5 Å². The van der Waals surface area contributed by atoms with Gasteiger partial charge in [0.05, 0.1) is 17.0 Å². The fourth-order valence-electron chi connectivity index (χ4n) is 3.92.